The van der Waals surface area contributed by atoms with E-state index in [0.717, 1.165) is 0 Å². The minimum Gasteiger partial charge on any atom is -0.234 e. The summed E-state index contributed by atoms with van der Waals surface area (Å²) >= 11 is 0. The zero-order valence-corrected chi connectivity index (χ0v) is 3.56. The maximum atomic E-state index is 9.16. The highest BCUT2D eigenvalue weighted by atomic mass is 28.1. The number of allylic oxidation sites excluding steroid dienone is 1. The van der Waals surface area contributed by atoms with Crippen molar-refractivity contribution in [2.75, 3.05) is 0 Å². The normalized spacial score (nSPS) is 5.80. The first-order valence-corrected chi connectivity index (χ1v) is 1.69. The molecule has 0 aliphatic carbocycles. The maximum absolute atomic E-state index is 9.16. The van der Waals surface area contributed by atoms with Crippen LogP contribution >= 0.6 is 0 Å². The predicted octanol–water partition coefficient (Wildman–Crippen LogP) is -0.296. The van der Waals surface area contributed by atoms with Crippen molar-refractivity contribution in [2.45, 2.75) is 0 Å². The van der Waals surface area contributed by atoms with E-state index >= 15 is 0 Å². The third kappa shape index (κ3) is 3.67. The van der Waals surface area contributed by atoms with E-state index in [1.54, 1.807) is 0 Å². The van der Waals surface area contributed by atoms with Gasteiger partial charge in [0.05, 0.1) is 0 Å². The first kappa shape index (κ1) is 4.67. The van der Waals surface area contributed by atoms with E-state index in [-0.39, 0.29) is 0 Å². The van der Waals surface area contributed by atoms with Gasteiger partial charge in [-0.15, -0.1) is 0 Å². The Morgan fingerprint density at radius 3 is 2.40 bits per heavy atom. The molecule has 0 unspecified atom stereocenters. The molecule has 0 aliphatic heterocycles. The summed E-state index contributed by atoms with van der Waals surface area (Å²) in [6, 6.07) is 1.44. The average Bonchev–Trinajstić information content (AvgIpc) is 1.41. The van der Waals surface area contributed by atoms with E-state index < -0.39 is 0 Å². The van der Waals surface area contributed by atoms with Crippen molar-refractivity contribution in [1.82, 2.24) is 0 Å². The molecule has 0 spiro atoms. The van der Waals surface area contributed by atoms with Crippen LogP contribution in [0.2, 0.25) is 0 Å². The molecule has 24 valence electrons. The van der Waals surface area contributed by atoms with Gasteiger partial charge in [-0.1, -0.05) is 0 Å². The van der Waals surface area contributed by atoms with E-state index in [1.807, 2.05) is 0 Å². The van der Waals surface area contributed by atoms with Gasteiger partial charge in [0.25, 0.3) is 0 Å². The van der Waals surface area contributed by atoms with Crippen molar-refractivity contribution in [3.05, 3.63) is 12.1 Å². The fourth-order valence-corrected chi connectivity index (χ4v) is 0.102. The number of hydrogen-bond donors (Lipinski definition) is 0. The topological polar surface area (TPSA) is 17.1 Å². The van der Waals surface area contributed by atoms with Gasteiger partial charge in [-0.2, -0.15) is 0 Å². The Kier molecular flexibility index (Phi) is 3.42. The largest absolute Gasteiger partial charge is 0.234 e. The highest BCUT2D eigenvalue weighted by Crippen LogP contribution is 1.55. The zero-order chi connectivity index (χ0) is 4.12. The summed E-state index contributed by atoms with van der Waals surface area (Å²) in [5.74, 6) is 1.54. The number of hydrogen-bond acceptors (Lipinski definition) is 1. The van der Waals surface area contributed by atoms with E-state index in [4.69, 9.17) is 4.79 Å². The summed E-state index contributed by atoms with van der Waals surface area (Å²) in [5, 5.41) is 0. The summed E-state index contributed by atoms with van der Waals surface area (Å²) in [6.45, 7) is 0. The summed E-state index contributed by atoms with van der Waals surface area (Å²) in [6.07, 6.45) is 1.23. The summed E-state index contributed by atoms with van der Waals surface area (Å²) in [4.78, 5) is 9.16. The van der Waals surface area contributed by atoms with E-state index in [9.17, 15) is 0 Å². The molecule has 1 nitrogen and oxygen atoms in total. The fourth-order valence-electron chi connectivity index (χ4n) is 0.0340. The second-order valence-electron chi connectivity index (χ2n) is 0.451. The van der Waals surface area contributed by atoms with Crippen molar-refractivity contribution >= 4 is 16.2 Å². The Morgan fingerprint density at radius 2 is 2.40 bits per heavy atom. The first-order chi connectivity index (χ1) is 2.41. The van der Waals surface area contributed by atoms with Crippen LogP contribution in [0.25, 0.3) is 0 Å². The molecule has 0 saturated carbocycles. The molecule has 0 atom stereocenters. The van der Waals surface area contributed by atoms with Gasteiger partial charge in [-0.25, -0.2) is 4.79 Å². The molecule has 0 fully saturated rings. The number of carbonyl (C=O) groups excluding carboxylic acids is 1. The second kappa shape index (κ2) is 3.67. The third-order valence-corrected chi connectivity index (χ3v) is 0.318. The Hall–Kier alpha value is -0.333. The minimum absolute atomic E-state index is 1.23. The van der Waals surface area contributed by atoms with Crippen LogP contribution in [0.1, 0.15) is 0 Å². The smallest absolute Gasteiger partial charge is 0.119 e. The molecule has 0 N–H and O–H groups in total. The molecule has 4 radical (unpaired) electrons. The fraction of sp³-hybridized carbons (Fsp3) is 0. The lowest BCUT2D eigenvalue weighted by atomic mass is 10.8. The van der Waals surface area contributed by atoms with Gasteiger partial charge < -0.3 is 0 Å². The monoisotopic (exact) mass is 82.0 g/mol. The number of rotatable bonds is 1. The van der Waals surface area contributed by atoms with Crippen molar-refractivity contribution in [3.8, 4) is 0 Å². The standard InChI is InChI=1S/C3H2OSi/c4-2-1-3-5/h1,3H. The van der Waals surface area contributed by atoms with Gasteiger partial charge in [0.1, 0.15) is 5.94 Å². The lowest BCUT2D eigenvalue weighted by Crippen LogP contribution is -1.58. The Morgan fingerprint density at radius 1 is 1.80 bits per heavy atom. The van der Waals surface area contributed by atoms with Gasteiger partial charge in [0, 0.05) is 10.2 Å². The Labute approximate surface area is 34.1 Å². The third-order valence-electron chi connectivity index (χ3n) is 0.151. The second-order valence-corrected chi connectivity index (χ2v) is 0.785. The molecule has 0 heterocycles. The molecule has 2 heteroatoms. The van der Waals surface area contributed by atoms with Crippen LogP contribution in [0.3, 0.4) is 0 Å². The lowest BCUT2D eigenvalue weighted by Gasteiger charge is -1.53. The highest BCUT2D eigenvalue weighted by molar-refractivity contribution is 6.16. The molecular formula is C3H2OSi. The molecule has 0 aliphatic rings. The van der Waals surface area contributed by atoms with Crippen LogP contribution in [0.15, 0.2) is 6.08 Å². The van der Waals surface area contributed by atoms with Crippen molar-refractivity contribution in [1.29, 1.82) is 0 Å². The molecule has 0 aromatic heterocycles. The summed E-state index contributed by atoms with van der Waals surface area (Å²) in [5.41, 5.74) is 0. The minimum atomic E-state index is 1.23. The summed E-state index contributed by atoms with van der Waals surface area (Å²) < 4.78 is 0. The highest BCUT2D eigenvalue weighted by Gasteiger charge is 1.55. The Bertz CT molecular complexity index is 53.9. The SMILES string of the molecule is O=C=C[CH][Si]. The maximum Gasteiger partial charge on any atom is 0.119 e. The van der Waals surface area contributed by atoms with Crippen LogP contribution < -0.4 is 0 Å². The van der Waals surface area contributed by atoms with Gasteiger partial charge in [-0.3, -0.25) is 0 Å². The molecule has 0 bridgehead atoms. The van der Waals surface area contributed by atoms with Crippen molar-refractivity contribution in [2.24, 2.45) is 0 Å². The Balaban J connectivity index is 2.93. The molecular weight excluding hydrogens is 80.1 g/mol. The van der Waals surface area contributed by atoms with Gasteiger partial charge in [0.15, 0.2) is 0 Å². The lowest BCUT2D eigenvalue weighted by molar-refractivity contribution is 0.569. The zero-order valence-electron chi connectivity index (χ0n) is 2.56. The van der Waals surface area contributed by atoms with Crippen molar-refractivity contribution in [3.63, 3.8) is 0 Å². The molecule has 0 aromatic carbocycles. The quantitative estimate of drug-likeness (QED) is 0.313. The van der Waals surface area contributed by atoms with E-state index in [0.29, 0.717) is 0 Å². The molecule has 0 rings (SSSR count). The average molecular weight is 82.1 g/mol. The van der Waals surface area contributed by atoms with Crippen LogP contribution in [0, 0.1) is 6.04 Å². The molecule has 0 saturated heterocycles. The van der Waals surface area contributed by atoms with Gasteiger partial charge in [0.2, 0.25) is 0 Å². The predicted molar refractivity (Wildman–Crippen MR) is 20.3 cm³/mol. The van der Waals surface area contributed by atoms with Gasteiger partial charge in [-0.05, 0) is 12.1 Å². The van der Waals surface area contributed by atoms with E-state index in [2.05, 4.69) is 10.2 Å². The van der Waals surface area contributed by atoms with Crippen LogP contribution in [-0.2, 0) is 4.79 Å². The molecule has 5 heavy (non-hydrogen) atoms. The first-order valence-electron chi connectivity index (χ1n) is 1.11. The molecule has 0 amide bonds. The van der Waals surface area contributed by atoms with Gasteiger partial charge >= 0.3 is 0 Å². The van der Waals surface area contributed by atoms with Crippen LogP contribution in [0.4, 0.5) is 0 Å². The van der Waals surface area contributed by atoms with Crippen LogP contribution in [-0.4, -0.2) is 16.2 Å². The molecule has 0 aromatic rings. The van der Waals surface area contributed by atoms with Crippen molar-refractivity contribution < 1.29 is 4.79 Å². The van der Waals surface area contributed by atoms with Crippen LogP contribution in [0.5, 0.6) is 0 Å². The summed E-state index contributed by atoms with van der Waals surface area (Å²) in [7, 11) is 2.91. The van der Waals surface area contributed by atoms with E-state index in [1.165, 1.54) is 18.1 Å².